The van der Waals surface area contributed by atoms with Crippen LogP contribution in [-0.4, -0.2) is 39.3 Å². The minimum atomic E-state index is -1.83. The summed E-state index contributed by atoms with van der Waals surface area (Å²) in [5, 5.41) is 27.9. The molecule has 0 saturated carbocycles. The van der Waals surface area contributed by atoms with Crippen LogP contribution in [0.5, 0.6) is 0 Å². The Morgan fingerprint density at radius 2 is 1.25 bits per heavy atom. The molecule has 0 radical (unpaired) electrons. The Morgan fingerprint density at radius 1 is 1.17 bits per heavy atom. The normalized spacial score (nSPS) is 6.08. The zero-order chi connectivity index (χ0) is 10.6. The maximum absolute atomic E-state index is 8.56. The van der Waals surface area contributed by atoms with Crippen LogP contribution in [0.4, 0.5) is 9.59 Å². The molecule has 72 valence electrons. The maximum atomic E-state index is 8.56. The van der Waals surface area contributed by atoms with Crippen LogP contribution in [0.3, 0.4) is 0 Å². The van der Waals surface area contributed by atoms with Crippen LogP contribution in [0.2, 0.25) is 0 Å². The van der Waals surface area contributed by atoms with Gasteiger partial charge in [-0.3, -0.25) is 0 Å². The molecular weight excluding hydrogens is 170 g/mol. The van der Waals surface area contributed by atoms with Crippen molar-refractivity contribution >= 4 is 12.3 Å². The number of carboxylic acid groups (broad SMARTS) is 4. The summed E-state index contributed by atoms with van der Waals surface area (Å²) >= 11 is 0. The topological polar surface area (TPSA) is 141 Å². The minimum Gasteiger partial charge on any atom is -0.450 e. The highest BCUT2D eigenvalue weighted by atomic mass is 16.6. The van der Waals surface area contributed by atoms with Gasteiger partial charge in [-0.15, -0.1) is 6.58 Å². The maximum Gasteiger partial charge on any atom is 0.503 e. The molecule has 0 aromatic heterocycles. The Labute approximate surface area is 68.4 Å². The third-order valence-corrected chi connectivity index (χ3v) is 0.167. The van der Waals surface area contributed by atoms with E-state index >= 15 is 0 Å². The quantitative estimate of drug-likeness (QED) is 0.372. The second-order valence-electron chi connectivity index (χ2n) is 1.09. The van der Waals surface area contributed by atoms with Gasteiger partial charge in [-0.05, 0) is 0 Å². The van der Waals surface area contributed by atoms with Gasteiger partial charge in [0.2, 0.25) is 0 Å². The van der Waals surface area contributed by atoms with Crippen molar-refractivity contribution in [3.63, 3.8) is 0 Å². The lowest BCUT2D eigenvalue weighted by Gasteiger charge is -1.61. The summed E-state index contributed by atoms with van der Waals surface area (Å²) < 4.78 is 0. The van der Waals surface area contributed by atoms with E-state index in [1.165, 1.54) is 0 Å². The fourth-order valence-corrected chi connectivity index (χ4v) is 0. The fourth-order valence-electron chi connectivity index (χ4n) is 0. The van der Waals surface area contributed by atoms with Crippen molar-refractivity contribution in [1.29, 1.82) is 0 Å². The van der Waals surface area contributed by atoms with Gasteiger partial charge in [0.1, 0.15) is 0 Å². The van der Waals surface area contributed by atoms with Crippen LogP contribution in [0.15, 0.2) is 12.7 Å². The molecule has 7 heteroatoms. The predicted octanol–water partition coefficient (Wildman–Crippen LogP) is 0.576. The molecule has 12 heavy (non-hydrogen) atoms. The van der Waals surface area contributed by atoms with Gasteiger partial charge in [-0.25, -0.2) is 9.59 Å². The third-order valence-electron chi connectivity index (χ3n) is 0.167. The van der Waals surface area contributed by atoms with Crippen LogP contribution >= 0.6 is 0 Å². The predicted molar refractivity (Wildman–Crippen MR) is 40.6 cm³/mol. The van der Waals surface area contributed by atoms with Crippen molar-refractivity contribution in [3.05, 3.63) is 12.7 Å². The Kier molecular flexibility index (Phi) is 22.4. The monoisotopic (exact) mass is 181 g/mol. The number of hydrogen-bond donors (Lipinski definition) is 5. The molecular formula is C5H11NO6. The molecule has 0 aliphatic heterocycles. The molecule has 0 fully saturated rings. The molecule has 0 saturated heterocycles. The van der Waals surface area contributed by atoms with Crippen LogP contribution in [0, 0.1) is 0 Å². The zero-order valence-corrected chi connectivity index (χ0v) is 6.17. The summed E-state index contributed by atoms with van der Waals surface area (Å²) in [4.78, 5) is 17.1. The Morgan fingerprint density at radius 3 is 1.25 bits per heavy atom. The van der Waals surface area contributed by atoms with E-state index in [-0.39, 0.29) is 0 Å². The van der Waals surface area contributed by atoms with Crippen molar-refractivity contribution in [1.82, 2.24) is 0 Å². The van der Waals surface area contributed by atoms with Crippen LogP contribution in [0.1, 0.15) is 0 Å². The van der Waals surface area contributed by atoms with Gasteiger partial charge in [-0.1, -0.05) is 6.08 Å². The molecule has 0 unspecified atom stereocenters. The summed E-state index contributed by atoms with van der Waals surface area (Å²) in [6.07, 6.45) is -2.01. The summed E-state index contributed by atoms with van der Waals surface area (Å²) in [6, 6.07) is 0. The van der Waals surface area contributed by atoms with Gasteiger partial charge in [0.15, 0.2) is 0 Å². The smallest absolute Gasteiger partial charge is 0.450 e. The SMILES string of the molecule is C=CCN.O=C(O)O.O=C(O)O. The van der Waals surface area contributed by atoms with Crippen LogP contribution in [0.25, 0.3) is 0 Å². The second kappa shape index (κ2) is 16.1. The number of rotatable bonds is 1. The third kappa shape index (κ3) is 748. The highest BCUT2D eigenvalue weighted by Crippen LogP contribution is 1.43. The molecule has 0 aliphatic carbocycles. The summed E-state index contributed by atoms with van der Waals surface area (Å²) in [5.41, 5.74) is 4.91. The van der Waals surface area contributed by atoms with E-state index in [0.717, 1.165) is 0 Å². The average molecular weight is 181 g/mol. The van der Waals surface area contributed by atoms with Gasteiger partial charge in [0.25, 0.3) is 0 Å². The Balaban J connectivity index is -0.000000101. The molecule has 0 heterocycles. The summed E-state index contributed by atoms with van der Waals surface area (Å²) in [5.74, 6) is 0. The first-order valence-electron chi connectivity index (χ1n) is 2.53. The van der Waals surface area contributed by atoms with Crippen LogP contribution < -0.4 is 5.73 Å². The second-order valence-corrected chi connectivity index (χ2v) is 1.09. The molecule has 0 spiro atoms. The molecule has 0 atom stereocenters. The van der Waals surface area contributed by atoms with E-state index < -0.39 is 12.3 Å². The Hall–Kier alpha value is -1.76. The number of nitrogens with two attached hydrogens (primary N) is 1. The summed E-state index contributed by atoms with van der Waals surface area (Å²) in [7, 11) is 0. The largest absolute Gasteiger partial charge is 0.503 e. The number of carbonyl (C=O) groups is 2. The molecule has 0 bridgehead atoms. The first-order chi connectivity index (χ1) is 5.38. The van der Waals surface area contributed by atoms with E-state index in [9.17, 15) is 0 Å². The van der Waals surface area contributed by atoms with Crippen LogP contribution in [-0.2, 0) is 0 Å². The van der Waals surface area contributed by atoms with Crippen molar-refractivity contribution in [2.45, 2.75) is 0 Å². The Bertz CT molecular complexity index is 114. The lowest BCUT2D eigenvalue weighted by Crippen LogP contribution is -1.90. The zero-order valence-electron chi connectivity index (χ0n) is 6.17. The lowest BCUT2D eigenvalue weighted by atomic mass is 10.7. The van der Waals surface area contributed by atoms with E-state index in [0.29, 0.717) is 6.54 Å². The number of hydrogen-bond acceptors (Lipinski definition) is 3. The molecule has 0 amide bonds. The standard InChI is InChI=1S/C3H7N.2CH2O3/c1-2-3-4;2*2-1(3)4/h2H,1,3-4H2;2*(H2,2,3,4). The van der Waals surface area contributed by atoms with E-state index in [1.54, 1.807) is 6.08 Å². The minimum absolute atomic E-state index is 0.583. The molecule has 0 rings (SSSR count). The van der Waals surface area contributed by atoms with Crippen molar-refractivity contribution in [2.24, 2.45) is 5.73 Å². The van der Waals surface area contributed by atoms with Gasteiger partial charge in [0.05, 0.1) is 0 Å². The van der Waals surface area contributed by atoms with E-state index in [1.807, 2.05) is 0 Å². The van der Waals surface area contributed by atoms with Gasteiger partial charge < -0.3 is 26.2 Å². The highest BCUT2D eigenvalue weighted by Gasteiger charge is 1.70. The summed E-state index contributed by atoms with van der Waals surface area (Å²) in [6.45, 7) is 3.94. The van der Waals surface area contributed by atoms with Gasteiger partial charge >= 0.3 is 12.3 Å². The van der Waals surface area contributed by atoms with Crippen molar-refractivity contribution in [2.75, 3.05) is 6.54 Å². The first kappa shape index (κ1) is 16.7. The first-order valence-corrected chi connectivity index (χ1v) is 2.53. The molecule has 0 aliphatic rings. The van der Waals surface area contributed by atoms with Gasteiger partial charge in [0, 0.05) is 6.54 Å². The van der Waals surface area contributed by atoms with Crippen molar-refractivity contribution < 1.29 is 30.0 Å². The van der Waals surface area contributed by atoms with E-state index in [4.69, 9.17) is 35.7 Å². The molecule has 0 aromatic carbocycles. The van der Waals surface area contributed by atoms with Crippen molar-refractivity contribution in [3.8, 4) is 0 Å². The molecule has 7 nitrogen and oxygen atoms in total. The van der Waals surface area contributed by atoms with E-state index in [2.05, 4.69) is 6.58 Å². The lowest BCUT2D eigenvalue weighted by molar-refractivity contribution is 0.135. The highest BCUT2D eigenvalue weighted by molar-refractivity contribution is 5.53. The fraction of sp³-hybridized carbons (Fsp3) is 0.200. The molecule has 6 N–H and O–H groups in total. The average Bonchev–Trinajstić information content (AvgIpc) is 1.85. The molecule has 0 aromatic rings. The van der Waals surface area contributed by atoms with Gasteiger partial charge in [-0.2, -0.15) is 0 Å².